The third-order valence-electron chi connectivity index (χ3n) is 3.78. The van der Waals surface area contributed by atoms with Gasteiger partial charge in [0.1, 0.15) is 11.3 Å². The van der Waals surface area contributed by atoms with Gasteiger partial charge in [0, 0.05) is 11.7 Å². The first kappa shape index (κ1) is 15.3. The zero-order chi connectivity index (χ0) is 16.4. The van der Waals surface area contributed by atoms with Gasteiger partial charge in [0.2, 0.25) is 5.91 Å². The Bertz CT molecular complexity index is 711. The van der Waals surface area contributed by atoms with E-state index in [1.165, 1.54) is 0 Å². The Labute approximate surface area is 134 Å². The van der Waals surface area contributed by atoms with Gasteiger partial charge in [-0.1, -0.05) is 17.3 Å². The predicted octanol–water partition coefficient (Wildman–Crippen LogP) is 2.36. The summed E-state index contributed by atoms with van der Waals surface area (Å²) in [4.78, 5) is 24.0. The SMILES string of the molecule is Cc1noc(C)c1C(=O)Nc1ccc(CC(=O)NC2CC2)cc1. The molecule has 1 aromatic heterocycles. The summed E-state index contributed by atoms with van der Waals surface area (Å²) in [6.45, 7) is 3.43. The summed E-state index contributed by atoms with van der Waals surface area (Å²) in [5, 5.41) is 9.54. The minimum Gasteiger partial charge on any atom is -0.361 e. The average molecular weight is 313 g/mol. The van der Waals surface area contributed by atoms with Crippen molar-refractivity contribution in [2.24, 2.45) is 0 Å². The minimum atomic E-state index is -0.250. The van der Waals surface area contributed by atoms with E-state index in [9.17, 15) is 9.59 Å². The van der Waals surface area contributed by atoms with E-state index < -0.39 is 0 Å². The molecule has 1 fully saturated rings. The molecule has 0 spiro atoms. The number of aryl methyl sites for hydroxylation is 2. The molecule has 0 atom stereocenters. The van der Waals surface area contributed by atoms with E-state index in [2.05, 4.69) is 15.8 Å². The lowest BCUT2D eigenvalue weighted by atomic mass is 10.1. The topological polar surface area (TPSA) is 84.2 Å². The van der Waals surface area contributed by atoms with E-state index in [0.29, 0.717) is 35.2 Å². The Kier molecular flexibility index (Phi) is 4.14. The molecule has 0 saturated heterocycles. The van der Waals surface area contributed by atoms with Crippen LogP contribution in [0.3, 0.4) is 0 Å². The normalized spacial score (nSPS) is 13.7. The molecule has 23 heavy (non-hydrogen) atoms. The van der Waals surface area contributed by atoms with Crippen LogP contribution in [0.1, 0.15) is 40.2 Å². The Morgan fingerprint density at radius 2 is 1.91 bits per heavy atom. The van der Waals surface area contributed by atoms with Gasteiger partial charge < -0.3 is 15.2 Å². The second kappa shape index (κ2) is 6.24. The quantitative estimate of drug-likeness (QED) is 0.887. The Hall–Kier alpha value is -2.63. The standard InChI is InChI=1S/C17H19N3O3/c1-10-16(11(2)23-20-10)17(22)19-14-5-3-12(4-6-14)9-15(21)18-13-7-8-13/h3-6,13H,7-9H2,1-2H3,(H,18,21)(H,19,22). The van der Waals surface area contributed by atoms with Gasteiger partial charge in [-0.3, -0.25) is 9.59 Å². The highest BCUT2D eigenvalue weighted by Gasteiger charge is 2.23. The number of carbonyl (C=O) groups is 2. The van der Waals surface area contributed by atoms with Crippen LogP contribution in [0.2, 0.25) is 0 Å². The van der Waals surface area contributed by atoms with Crippen molar-refractivity contribution < 1.29 is 14.1 Å². The lowest BCUT2D eigenvalue weighted by molar-refractivity contribution is -0.120. The third-order valence-corrected chi connectivity index (χ3v) is 3.78. The summed E-state index contributed by atoms with van der Waals surface area (Å²) in [7, 11) is 0. The molecule has 0 bridgehead atoms. The van der Waals surface area contributed by atoms with Gasteiger partial charge in [-0.25, -0.2) is 0 Å². The van der Waals surface area contributed by atoms with Gasteiger partial charge in [0.05, 0.1) is 12.1 Å². The second-order valence-corrected chi connectivity index (χ2v) is 5.87. The van der Waals surface area contributed by atoms with Crippen LogP contribution in [-0.2, 0) is 11.2 Å². The van der Waals surface area contributed by atoms with Crippen LogP contribution >= 0.6 is 0 Å². The number of nitrogens with zero attached hydrogens (tertiary/aromatic N) is 1. The van der Waals surface area contributed by atoms with Crippen molar-refractivity contribution in [1.29, 1.82) is 0 Å². The van der Waals surface area contributed by atoms with Gasteiger partial charge >= 0.3 is 0 Å². The molecule has 2 N–H and O–H groups in total. The van der Waals surface area contributed by atoms with E-state index in [1.807, 2.05) is 12.1 Å². The summed E-state index contributed by atoms with van der Waals surface area (Å²) < 4.78 is 5.00. The molecule has 1 aromatic carbocycles. The highest BCUT2D eigenvalue weighted by molar-refractivity contribution is 6.05. The smallest absolute Gasteiger partial charge is 0.261 e. The summed E-state index contributed by atoms with van der Waals surface area (Å²) in [6.07, 6.45) is 2.52. The first-order valence-corrected chi connectivity index (χ1v) is 7.65. The van der Waals surface area contributed by atoms with Gasteiger partial charge in [-0.2, -0.15) is 0 Å². The fraction of sp³-hybridized carbons (Fsp3) is 0.353. The molecule has 0 aliphatic heterocycles. The molecule has 0 unspecified atom stereocenters. The summed E-state index contributed by atoms with van der Waals surface area (Å²) in [5.74, 6) is 0.286. The van der Waals surface area contributed by atoms with Gasteiger partial charge in [0.25, 0.3) is 5.91 Å². The molecule has 1 heterocycles. The van der Waals surface area contributed by atoms with E-state index >= 15 is 0 Å². The summed E-state index contributed by atoms with van der Waals surface area (Å²) >= 11 is 0. The monoisotopic (exact) mass is 313 g/mol. The summed E-state index contributed by atoms with van der Waals surface area (Å²) in [5.41, 5.74) is 2.60. The maximum absolute atomic E-state index is 12.2. The van der Waals surface area contributed by atoms with Crippen molar-refractivity contribution in [3.05, 3.63) is 46.8 Å². The fourth-order valence-corrected chi connectivity index (χ4v) is 2.40. The van der Waals surface area contributed by atoms with Crippen molar-refractivity contribution in [1.82, 2.24) is 10.5 Å². The Morgan fingerprint density at radius 3 is 2.48 bits per heavy atom. The van der Waals surface area contributed by atoms with E-state index in [0.717, 1.165) is 18.4 Å². The number of hydrogen-bond donors (Lipinski definition) is 2. The highest BCUT2D eigenvalue weighted by Crippen LogP contribution is 2.19. The molecule has 2 aromatic rings. The van der Waals surface area contributed by atoms with Crippen molar-refractivity contribution in [3.63, 3.8) is 0 Å². The number of rotatable bonds is 5. The highest BCUT2D eigenvalue weighted by atomic mass is 16.5. The van der Waals surface area contributed by atoms with E-state index in [1.54, 1.807) is 26.0 Å². The molecule has 0 radical (unpaired) electrons. The van der Waals surface area contributed by atoms with Crippen LogP contribution in [0.15, 0.2) is 28.8 Å². The van der Waals surface area contributed by atoms with E-state index in [-0.39, 0.29) is 11.8 Å². The van der Waals surface area contributed by atoms with Crippen molar-refractivity contribution in [3.8, 4) is 0 Å². The lowest BCUT2D eigenvalue weighted by Gasteiger charge is -2.07. The number of anilines is 1. The number of carbonyl (C=O) groups excluding carboxylic acids is 2. The van der Waals surface area contributed by atoms with Crippen LogP contribution in [0.5, 0.6) is 0 Å². The minimum absolute atomic E-state index is 0.0417. The molecule has 1 saturated carbocycles. The van der Waals surface area contributed by atoms with Gasteiger partial charge in [0.15, 0.2) is 0 Å². The Balaban J connectivity index is 1.60. The molecular weight excluding hydrogens is 294 g/mol. The van der Waals surface area contributed by atoms with Crippen LogP contribution in [0.25, 0.3) is 0 Å². The molecule has 6 heteroatoms. The van der Waals surface area contributed by atoms with E-state index in [4.69, 9.17) is 4.52 Å². The van der Waals surface area contributed by atoms with Crippen LogP contribution in [0.4, 0.5) is 5.69 Å². The molecule has 2 amide bonds. The maximum Gasteiger partial charge on any atom is 0.261 e. The first-order valence-electron chi connectivity index (χ1n) is 7.65. The number of benzene rings is 1. The lowest BCUT2D eigenvalue weighted by Crippen LogP contribution is -2.26. The number of amides is 2. The molecule has 3 rings (SSSR count). The van der Waals surface area contributed by atoms with Crippen LogP contribution < -0.4 is 10.6 Å². The van der Waals surface area contributed by atoms with Crippen molar-refractivity contribution in [2.75, 3.05) is 5.32 Å². The predicted molar refractivity (Wildman–Crippen MR) is 85.2 cm³/mol. The molecule has 120 valence electrons. The average Bonchev–Trinajstić information content (AvgIpc) is 3.24. The number of aromatic nitrogens is 1. The number of nitrogens with one attached hydrogen (secondary N) is 2. The first-order chi connectivity index (χ1) is 11.0. The molecule has 1 aliphatic rings. The van der Waals surface area contributed by atoms with Crippen molar-refractivity contribution >= 4 is 17.5 Å². The molecular formula is C17H19N3O3. The molecule has 6 nitrogen and oxygen atoms in total. The van der Waals surface area contributed by atoms with Crippen LogP contribution in [0, 0.1) is 13.8 Å². The maximum atomic E-state index is 12.2. The van der Waals surface area contributed by atoms with Crippen molar-refractivity contribution in [2.45, 2.75) is 39.2 Å². The van der Waals surface area contributed by atoms with Gasteiger partial charge in [-0.15, -0.1) is 0 Å². The molecule has 1 aliphatic carbocycles. The summed E-state index contributed by atoms with van der Waals surface area (Å²) in [6, 6.07) is 7.63. The Morgan fingerprint density at radius 1 is 1.22 bits per heavy atom. The largest absolute Gasteiger partial charge is 0.361 e. The fourth-order valence-electron chi connectivity index (χ4n) is 2.40. The number of hydrogen-bond acceptors (Lipinski definition) is 4. The third kappa shape index (κ3) is 3.77. The zero-order valence-electron chi connectivity index (χ0n) is 13.2. The zero-order valence-corrected chi connectivity index (χ0v) is 13.2. The van der Waals surface area contributed by atoms with Gasteiger partial charge in [-0.05, 0) is 44.4 Å². The van der Waals surface area contributed by atoms with Crippen LogP contribution in [-0.4, -0.2) is 23.0 Å². The second-order valence-electron chi connectivity index (χ2n) is 5.87.